The van der Waals surface area contributed by atoms with Crippen LogP contribution in [0.2, 0.25) is 10.0 Å². The second-order valence-corrected chi connectivity index (χ2v) is 8.48. The Morgan fingerprint density at radius 2 is 2.05 bits per heavy atom. The van der Waals surface area contributed by atoms with Crippen LogP contribution in [0.3, 0.4) is 0 Å². The molecule has 0 spiro atoms. The molecular weight excluding hydrogens is 351 g/mol. The van der Waals surface area contributed by atoms with E-state index in [0.29, 0.717) is 10.6 Å². The molecule has 1 rings (SSSR count). The van der Waals surface area contributed by atoms with Crippen LogP contribution in [0.25, 0.3) is 0 Å². The Kier molecular flexibility index (Phi) is 7.81. The quantitative estimate of drug-likeness (QED) is 0.688. The first-order chi connectivity index (χ1) is 9.81. The first-order valence-electron chi connectivity index (χ1n) is 6.59. The van der Waals surface area contributed by atoms with Gasteiger partial charge in [0.25, 0.3) is 0 Å². The molecule has 4 nitrogen and oxygen atoms in total. The molecule has 0 amide bonds. The number of hydrogen-bond donors (Lipinski definition) is 2. The summed E-state index contributed by atoms with van der Waals surface area (Å²) in [5.74, 6) is 1.91. The lowest BCUT2D eigenvalue weighted by Gasteiger charge is -2.16. The van der Waals surface area contributed by atoms with E-state index in [1.165, 1.54) is 6.07 Å². The van der Waals surface area contributed by atoms with E-state index in [0.717, 1.165) is 17.9 Å². The molecular formula is C13H20Cl2N2O2S2. The zero-order valence-corrected chi connectivity index (χ0v) is 15.2. The lowest BCUT2D eigenvalue weighted by atomic mass is 10.2. The number of sulfonamides is 1. The zero-order chi connectivity index (χ0) is 16.0. The Morgan fingerprint density at radius 3 is 2.62 bits per heavy atom. The molecule has 0 radical (unpaired) electrons. The normalized spacial score (nSPS) is 13.4. The summed E-state index contributed by atoms with van der Waals surface area (Å²) in [6, 6.07) is 2.74. The number of rotatable bonds is 8. The molecule has 1 aromatic rings. The fourth-order valence-electron chi connectivity index (χ4n) is 1.75. The van der Waals surface area contributed by atoms with Gasteiger partial charge in [-0.15, -0.1) is 0 Å². The average Bonchev–Trinajstić information content (AvgIpc) is 2.40. The van der Waals surface area contributed by atoms with Crippen molar-refractivity contribution >= 4 is 45.0 Å². The lowest BCUT2D eigenvalue weighted by molar-refractivity contribution is 0.557. The van der Waals surface area contributed by atoms with E-state index < -0.39 is 10.0 Å². The third-order valence-corrected chi connectivity index (χ3v) is 6.17. The number of nitrogens with two attached hydrogens (primary N) is 1. The molecule has 0 aliphatic heterocycles. The molecule has 3 N–H and O–H groups in total. The minimum absolute atomic E-state index is 0.0212. The maximum atomic E-state index is 12.4. The Bertz CT molecular complexity index is 580. The topological polar surface area (TPSA) is 72.2 Å². The smallest absolute Gasteiger partial charge is 0.242 e. The van der Waals surface area contributed by atoms with E-state index in [2.05, 4.69) is 11.6 Å². The van der Waals surface area contributed by atoms with Crippen molar-refractivity contribution in [3.63, 3.8) is 0 Å². The van der Waals surface area contributed by atoms with Crippen LogP contribution in [0, 0.1) is 0 Å². The average molecular weight is 371 g/mol. The van der Waals surface area contributed by atoms with Gasteiger partial charge in [0.2, 0.25) is 10.0 Å². The van der Waals surface area contributed by atoms with Crippen LogP contribution in [-0.4, -0.2) is 26.0 Å². The summed E-state index contributed by atoms with van der Waals surface area (Å²) in [7, 11) is -3.71. The molecule has 1 unspecified atom stereocenters. The summed E-state index contributed by atoms with van der Waals surface area (Å²) in [6.07, 6.45) is 0.750. The minimum Gasteiger partial charge on any atom is -0.326 e. The van der Waals surface area contributed by atoms with Gasteiger partial charge in [0.1, 0.15) is 4.90 Å². The van der Waals surface area contributed by atoms with E-state index in [1.807, 2.05) is 6.92 Å². The molecule has 8 heteroatoms. The highest BCUT2D eigenvalue weighted by atomic mass is 35.5. The van der Waals surface area contributed by atoms with Crippen molar-refractivity contribution in [2.45, 2.75) is 37.8 Å². The summed E-state index contributed by atoms with van der Waals surface area (Å²) >= 11 is 13.8. The van der Waals surface area contributed by atoms with Crippen molar-refractivity contribution in [2.75, 3.05) is 11.5 Å². The van der Waals surface area contributed by atoms with Gasteiger partial charge in [-0.3, -0.25) is 0 Å². The Labute approximate surface area is 140 Å². The van der Waals surface area contributed by atoms with Gasteiger partial charge in [0.15, 0.2) is 0 Å². The molecule has 0 aromatic heterocycles. The Hall–Kier alpha value is 0.0200. The van der Waals surface area contributed by atoms with Crippen molar-refractivity contribution in [3.8, 4) is 0 Å². The molecule has 0 heterocycles. The molecule has 1 atom stereocenters. The molecule has 120 valence electrons. The van der Waals surface area contributed by atoms with E-state index in [4.69, 9.17) is 28.9 Å². The first kappa shape index (κ1) is 19.1. The lowest BCUT2D eigenvalue weighted by Crippen LogP contribution is -2.33. The van der Waals surface area contributed by atoms with Gasteiger partial charge in [0, 0.05) is 17.6 Å². The van der Waals surface area contributed by atoms with Crippen molar-refractivity contribution in [3.05, 3.63) is 27.7 Å². The van der Waals surface area contributed by atoms with Gasteiger partial charge in [-0.1, -0.05) is 30.1 Å². The highest BCUT2D eigenvalue weighted by Crippen LogP contribution is 2.29. The monoisotopic (exact) mass is 370 g/mol. The maximum Gasteiger partial charge on any atom is 0.242 e. The molecule has 0 bridgehead atoms. The van der Waals surface area contributed by atoms with Gasteiger partial charge in [0.05, 0.1) is 5.02 Å². The molecule has 0 saturated carbocycles. The van der Waals surface area contributed by atoms with Crippen molar-refractivity contribution in [1.29, 1.82) is 0 Å². The van der Waals surface area contributed by atoms with Crippen LogP contribution in [0.5, 0.6) is 0 Å². The number of nitrogens with one attached hydrogen (secondary N) is 1. The van der Waals surface area contributed by atoms with Crippen LogP contribution in [0.4, 0.5) is 0 Å². The predicted molar refractivity (Wildman–Crippen MR) is 91.8 cm³/mol. The van der Waals surface area contributed by atoms with Gasteiger partial charge >= 0.3 is 0 Å². The van der Waals surface area contributed by atoms with Crippen molar-refractivity contribution in [2.24, 2.45) is 5.73 Å². The van der Waals surface area contributed by atoms with Crippen molar-refractivity contribution < 1.29 is 8.42 Å². The summed E-state index contributed by atoms with van der Waals surface area (Å²) in [6.45, 7) is 4.03. The number of hydrogen-bond acceptors (Lipinski definition) is 4. The minimum atomic E-state index is -3.71. The summed E-state index contributed by atoms with van der Waals surface area (Å²) in [4.78, 5) is -0.0212. The van der Waals surface area contributed by atoms with Crippen LogP contribution < -0.4 is 10.5 Å². The third kappa shape index (κ3) is 5.62. The fraction of sp³-hybridized carbons (Fsp3) is 0.538. The Balaban J connectivity index is 2.95. The summed E-state index contributed by atoms with van der Waals surface area (Å²) in [5, 5.41) is 0.430. The molecule has 0 aliphatic carbocycles. The molecule has 0 fully saturated rings. The highest BCUT2D eigenvalue weighted by molar-refractivity contribution is 7.99. The molecule has 0 saturated heterocycles. The molecule has 0 aliphatic rings. The highest BCUT2D eigenvalue weighted by Gasteiger charge is 2.22. The van der Waals surface area contributed by atoms with E-state index in [1.54, 1.807) is 17.8 Å². The molecule has 1 aromatic carbocycles. The van der Waals surface area contributed by atoms with Gasteiger partial charge in [-0.25, -0.2) is 13.1 Å². The zero-order valence-electron chi connectivity index (χ0n) is 12.0. The standard InChI is InChI=1S/C13H20Cl2N2O2S2/c1-3-20-5-4-9(2)17-21(18,19)12-7-11(14)6-10(8-16)13(12)15/h6-7,9,17H,3-5,8,16H2,1-2H3. The van der Waals surface area contributed by atoms with Crippen LogP contribution in [0.1, 0.15) is 25.8 Å². The summed E-state index contributed by atoms with van der Waals surface area (Å²) < 4.78 is 27.5. The first-order valence-corrected chi connectivity index (χ1v) is 9.99. The number of halogens is 2. The number of benzene rings is 1. The van der Waals surface area contributed by atoms with Crippen LogP contribution >= 0.6 is 35.0 Å². The number of thioether (sulfide) groups is 1. The van der Waals surface area contributed by atoms with Gasteiger partial charge in [-0.05, 0) is 42.5 Å². The van der Waals surface area contributed by atoms with Crippen LogP contribution in [-0.2, 0) is 16.6 Å². The van der Waals surface area contributed by atoms with E-state index >= 15 is 0 Å². The van der Waals surface area contributed by atoms with Gasteiger partial charge in [-0.2, -0.15) is 11.8 Å². The van der Waals surface area contributed by atoms with Crippen molar-refractivity contribution in [1.82, 2.24) is 4.72 Å². The van der Waals surface area contributed by atoms with Crippen LogP contribution in [0.15, 0.2) is 17.0 Å². The second kappa shape index (κ2) is 8.60. The largest absolute Gasteiger partial charge is 0.326 e. The third-order valence-electron chi connectivity index (χ3n) is 2.84. The fourth-order valence-corrected chi connectivity index (χ4v) is 4.78. The Morgan fingerprint density at radius 1 is 1.38 bits per heavy atom. The van der Waals surface area contributed by atoms with E-state index in [9.17, 15) is 8.42 Å². The summed E-state index contributed by atoms with van der Waals surface area (Å²) in [5.41, 5.74) is 6.07. The maximum absolute atomic E-state index is 12.4. The predicted octanol–water partition coefficient (Wildman–Crippen LogP) is 3.26. The molecule has 21 heavy (non-hydrogen) atoms. The van der Waals surface area contributed by atoms with E-state index in [-0.39, 0.29) is 22.5 Å². The van der Waals surface area contributed by atoms with Gasteiger partial charge < -0.3 is 5.73 Å². The second-order valence-electron chi connectivity index (χ2n) is 4.59. The SMILES string of the molecule is CCSCCC(C)NS(=O)(=O)c1cc(Cl)cc(CN)c1Cl.